The Morgan fingerprint density at radius 2 is 1.92 bits per heavy atom. The van der Waals surface area contributed by atoms with Crippen molar-refractivity contribution in [2.45, 2.75) is 45.1 Å². The highest BCUT2D eigenvalue weighted by Crippen LogP contribution is 2.60. The second kappa shape index (κ2) is 2.20. The molecule has 2 heteroatoms. The van der Waals surface area contributed by atoms with E-state index in [0.717, 1.165) is 12.8 Å². The highest BCUT2D eigenvalue weighted by Gasteiger charge is 2.57. The summed E-state index contributed by atoms with van der Waals surface area (Å²) in [6, 6.07) is 0. The van der Waals surface area contributed by atoms with Gasteiger partial charge in [0.2, 0.25) is 6.08 Å². The standard InChI is InChI=1S/C10H15NO/c1-9(2)5-10(6-9,11-7-12)8-3-4-8/h8H,3-6H2,1-2H3. The molecule has 66 valence electrons. The van der Waals surface area contributed by atoms with Gasteiger partial charge < -0.3 is 0 Å². The molecule has 0 saturated heterocycles. The number of isocyanates is 1. The number of hydrogen-bond donors (Lipinski definition) is 0. The summed E-state index contributed by atoms with van der Waals surface area (Å²) < 4.78 is 0. The van der Waals surface area contributed by atoms with Crippen molar-refractivity contribution in [3.05, 3.63) is 0 Å². The van der Waals surface area contributed by atoms with E-state index < -0.39 is 0 Å². The minimum absolute atomic E-state index is 0.0191. The van der Waals surface area contributed by atoms with E-state index in [-0.39, 0.29) is 5.54 Å². The Kier molecular flexibility index (Phi) is 1.47. The molecule has 2 aliphatic rings. The molecular formula is C10H15NO. The summed E-state index contributed by atoms with van der Waals surface area (Å²) in [7, 11) is 0. The monoisotopic (exact) mass is 165 g/mol. The van der Waals surface area contributed by atoms with Crippen LogP contribution in [0.2, 0.25) is 0 Å². The number of nitrogens with zero attached hydrogens (tertiary/aromatic N) is 1. The smallest absolute Gasteiger partial charge is 0.211 e. The Hall–Kier alpha value is -0.620. The maximum Gasteiger partial charge on any atom is 0.235 e. The van der Waals surface area contributed by atoms with Gasteiger partial charge in [-0.3, -0.25) is 0 Å². The van der Waals surface area contributed by atoms with Gasteiger partial charge in [0.15, 0.2) is 0 Å². The van der Waals surface area contributed by atoms with Crippen molar-refractivity contribution in [3.63, 3.8) is 0 Å². The molecule has 0 aromatic heterocycles. The zero-order valence-electron chi connectivity index (χ0n) is 7.76. The molecule has 0 heterocycles. The van der Waals surface area contributed by atoms with Crippen LogP contribution < -0.4 is 0 Å². The summed E-state index contributed by atoms with van der Waals surface area (Å²) in [5, 5.41) is 0. The molecule has 2 fully saturated rings. The summed E-state index contributed by atoms with van der Waals surface area (Å²) in [5.74, 6) is 0.701. The molecule has 0 spiro atoms. The predicted octanol–water partition coefficient (Wildman–Crippen LogP) is 2.29. The van der Waals surface area contributed by atoms with Crippen molar-refractivity contribution >= 4 is 6.08 Å². The van der Waals surface area contributed by atoms with Crippen LogP contribution in [-0.2, 0) is 4.79 Å². The van der Waals surface area contributed by atoms with Crippen molar-refractivity contribution in [2.75, 3.05) is 0 Å². The third kappa shape index (κ3) is 1.11. The zero-order valence-corrected chi connectivity index (χ0v) is 7.76. The molecule has 0 aromatic rings. The molecule has 0 unspecified atom stereocenters. The first-order valence-electron chi connectivity index (χ1n) is 4.67. The minimum atomic E-state index is 0.0191. The number of rotatable bonds is 2. The second-order valence-corrected chi connectivity index (χ2v) is 5.10. The quantitative estimate of drug-likeness (QED) is 0.456. The third-order valence-electron chi connectivity index (χ3n) is 3.17. The average molecular weight is 165 g/mol. The highest BCUT2D eigenvalue weighted by atomic mass is 16.1. The lowest BCUT2D eigenvalue weighted by atomic mass is 9.57. The lowest BCUT2D eigenvalue weighted by Gasteiger charge is -2.50. The van der Waals surface area contributed by atoms with Crippen LogP contribution >= 0.6 is 0 Å². The maximum absolute atomic E-state index is 10.3. The van der Waals surface area contributed by atoms with E-state index in [1.807, 2.05) is 0 Å². The van der Waals surface area contributed by atoms with Gasteiger partial charge in [-0.15, -0.1) is 0 Å². The Morgan fingerprint density at radius 1 is 1.33 bits per heavy atom. The van der Waals surface area contributed by atoms with E-state index >= 15 is 0 Å². The Morgan fingerprint density at radius 3 is 2.25 bits per heavy atom. The first-order chi connectivity index (χ1) is 5.58. The SMILES string of the molecule is CC1(C)CC(N=C=O)(C2CC2)C1. The number of hydrogen-bond acceptors (Lipinski definition) is 2. The van der Waals surface area contributed by atoms with E-state index in [0.29, 0.717) is 11.3 Å². The van der Waals surface area contributed by atoms with Crippen molar-refractivity contribution < 1.29 is 4.79 Å². The van der Waals surface area contributed by atoms with E-state index in [1.165, 1.54) is 12.8 Å². The number of carbonyl (C=O) groups excluding carboxylic acids is 1. The molecule has 12 heavy (non-hydrogen) atoms. The molecule has 0 radical (unpaired) electrons. The fourth-order valence-corrected chi connectivity index (χ4v) is 2.78. The normalized spacial score (nSPS) is 30.2. The molecule has 2 rings (SSSR count). The summed E-state index contributed by atoms with van der Waals surface area (Å²) in [6.07, 6.45) is 6.44. The topological polar surface area (TPSA) is 29.4 Å². The molecule has 2 aliphatic carbocycles. The van der Waals surface area contributed by atoms with Crippen LogP contribution in [0.4, 0.5) is 0 Å². The molecule has 0 bridgehead atoms. The van der Waals surface area contributed by atoms with Crippen LogP contribution in [0.1, 0.15) is 39.5 Å². The first-order valence-corrected chi connectivity index (χ1v) is 4.67. The van der Waals surface area contributed by atoms with Crippen molar-refractivity contribution in [2.24, 2.45) is 16.3 Å². The second-order valence-electron chi connectivity index (χ2n) is 5.10. The van der Waals surface area contributed by atoms with E-state index in [1.54, 1.807) is 6.08 Å². The van der Waals surface area contributed by atoms with Gasteiger partial charge in [-0.2, -0.15) is 4.99 Å². The third-order valence-corrected chi connectivity index (χ3v) is 3.17. The van der Waals surface area contributed by atoms with Gasteiger partial charge in [0.1, 0.15) is 0 Å². The molecule has 0 N–H and O–H groups in total. The van der Waals surface area contributed by atoms with Crippen LogP contribution in [0.15, 0.2) is 4.99 Å². The zero-order chi connectivity index (χ0) is 8.82. The van der Waals surface area contributed by atoms with Crippen LogP contribution in [0.25, 0.3) is 0 Å². The molecule has 0 aliphatic heterocycles. The number of aliphatic imine (C=N–C) groups is 1. The Labute approximate surface area is 73.1 Å². The van der Waals surface area contributed by atoms with Gasteiger partial charge in [0.25, 0.3) is 0 Å². The van der Waals surface area contributed by atoms with E-state index in [9.17, 15) is 4.79 Å². The Bertz CT molecular complexity index is 239. The summed E-state index contributed by atoms with van der Waals surface area (Å²) in [4.78, 5) is 14.3. The molecule has 2 saturated carbocycles. The predicted molar refractivity (Wildman–Crippen MR) is 46.6 cm³/mol. The minimum Gasteiger partial charge on any atom is -0.211 e. The summed E-state index contributed by atoms with van der Waals surface area (Å²) in [5.41, 5.74) is 0.425. The molecule has 0 atom stereocenters. The average Bonchev–Trinajstić information content (AvgIpc) is 2.63. The largest absolute Gasteiger partial charge is 0.235 e. The van der Waals surface area contributed by atoms with Gasteiger partial charge >= 0.3 is 0 Å². The molecule has 0 amide bonds. The van der Waals surface area contributed by atoms with Crippen LogP contribution in [0, 0.1) is 11.3 Å². The van der Waals surface area contributed by atoms with E-state index in [2.05, 4.69) is 18.8 Å². The van der Waals surface area contributed by atoms with Gasteiger partial charge in [-0.25, -0.2) is 4.79 Å². The van der Waals surface area contributed by atoms with Gasteiger partial charge in [0.05, 0.1) is 5.54 Å². The molecular weight excluding hydrogens is 150 g/mol. The maximum atomic E-state index is 10.3. The van der Waals surface area contributed by atoms with Crippen molar-refractivity contribution in [1.29, 1.82) is 0 Å². The lowest BCUT2D eigenvalue weighted by molar-refractivity contribution is 0.0485. The van der Waals surface area contributed by atoms with Crippen LogP contribution in [0.5, 0.6) is 0 Å². The Balaban J connectivity index is 2.12. The molecule has 2 nitrogen and oxygen atoms in total. The first kappa shape index (κ1) is 8.00. The fraction of sp³-hybridized carbons (Fsp3) is 0.900. The van der Waals surface area contributed by atoms with Crippen LogP contribution in [-0.4, -0.2) is 11.6 Å². The van der Waals surface area contributed by atoms with Crippen LogP contribution in [0.3, 0.4) is 0 Å². The summed E-state index contributed by atoms with van der Waals surface area (Å²) in [6.45, 7) is 4.49. The molecule has 0 aromatic carbocycles. The fourth-order valence-electron chi connectivity index (χ4n) is 2.78. The van der Waals surface area contributed by atoms with Gasteiger partial charge in [0, 0.05) is 0 Å². The lowest BCUT2D eigenvalue weighted by Crippen LogP contribution is -2.49. The highest BCUT2D eigenvalue weighted by molar-refractivity contribution is 5.37. The summed E-state index contributed by atoms with van der Waals surface area (Å²) >= 11 is 0. The van der Waals surface area contributed by atoms with E-state index in [4.69, 9.17) is 0 Å². The van der Waals surface area contributed by atoms with Gasteiger partial charge in [-0.05, 0) is 37.0 Å². The van der Waals surface area contributed by atoms with Crippen molar-refractivity contribution in [3.8, 4) is 0 Å². The van der Waals surface area contributed by atoms with Gasteiger partial charge in [-0.1, -0.05) is 13.8 Å². The van der Waals surface area contributed by atoms with Crippen molar-refractivity contribution in [1.82, 2.24) is 0 Å².